The van der Waals surface area contributed by atoms with Crippen LogP contribution in [0.4, 0.5) is 0 Å². The zero-order chi connectivity index (χ0) is 20.7. The van der Waals surface area contributed by atoms with Crippen LogP contribution >= 0.6 is 0 Å². The third kappa shape index (κ3) is 5.47. The van der Waals surface area contributed by atoms with Crippen molar-refractivity contribution < 1.29 is 23.9 Å². The Morgan fingerprint density at radius 3 is 2.46 bits per heavy atom. The van der Waals surface area contributed by atoms with E-state index in [4.69, 9.17) is 9.47 Å². The predicted molar refractivity (Wildman–Crippen MR) is 105 cm³/mol. The summed E-state index contributed by atoms with van der Waals surface area (Å²) in [6.07, 6.45) is 1.03. The minimum Gasteiger partial charge on any atom is -0.494 e. The number of aryl methyl sites for hydroxylation is 1. The smallest absolute Gasteiger partial charge is 0.311 e. The second-order valence-electron chi connectivity index (χ2n) is 6.99. The molecule has 0 spiro atoms. The number of hydrogen-bond acceptors (Lipinski definition) is 5. The van der Waals surface area contributed by atoms with Gasteiger partial charge in [0, 0.05) is 18.7 Å². The van der Waals surface area contributed by atoms with Gasteiger partial charge in [0.05, 0.1) is 25.2 Å². The molecule has 0 saturated carbocycles. The van der Waals surface area contributed by atoms with E-state index >= 15 is 0 Å². The lowest BCUT2D eigenvalue weighted by atomic mass is 9.97. The van der Waals surface area contributed by atoms with E-state index in [2.05, 4.69) is 5.32 Å². The molecule has 7 nitrogen and oxygen atoms in total. The van der Waals surface area contributed by atoms with E-state index in [1.54, 1.807) is 6.92 Å². The fourth-order valence-electron chi connectivity index (χ4n) is 3.35. The number of carbonyl (C=O) groups excluding carboxylic acids is 3. The van der Waals surface area contributed by atoms with Crippen molar-refractivity contribution >= 4 is 17.8 Å². The molecule has 1 aliphatic heterocycles. The zero-order valence-electron chi connectivity index (χ0n) is 17.1. The lowest BCUT2D eigenvalue weighted by molar-refractivity contribution is -0.152. The maximum atomic E-state index is 12.5. The summed E-state index contributed by atoms with van der Waals surface area (Å²) in [7, 11) is 0. The van der Waals surface area contributed by atoms with Crippen LogP contribution in [-0.2, 0) is 19.1 Å². The first-order valence-corrected chi connectivity index (χ1v) is 9.87. The molecule has 2 rings (SSSR count). The molecule has 2 amide bonds. The highest BCUT2D eigenvalue weighted by atomic mass is 16.5. The van der Waals surface area contributed by atoms with Gasteiger partial charge in [-0.1, -0.05) is 17.7 Å². The molecule has 154 valence electrons. The Hall–Kier alpha value is -2.57. The van der Waals surface area contributed by atoms with Gasteiger partial charge in [-0.2, -0.15) is 0 Å². The summed E-state index contributed by atoms with van der Waals surface area (Å²) in [5.74, 6) is -0.947. The Morgan fingerprint density at radius 2 is 1.86 bits per heavy atom. The van der Waals surface area contributed by atoms with Crippen molar-refractivity contribution in [3.63, 3.8) is 0 Å². The van der Waals surface area contributed by atoms with Crippen LogP contribution in [0, 0.1) is 12.8 Å². The minimum absolute atomic E-state index is 0.202. The summed E-state index contributed by atoms with van der Waals surface area (Å²) in [4.78, 5) is 38.3. The largest absolute Gasteiger partial charge is 0.494 e. The molecule has 1 fully saturated rings. The Bertz CT molecular complexity index is 711. The van der Waals surface area contributed by atoms with E-state index in [0.717, 1.165) is 11.1 Å². The van der Waals surface area contributed by atoms with Crippen molar-refractivity contribution in [2.75, 3.05) is 26.3 Å². The minimum atomic E-state index is -0.647. The highest BCUT2D eigenvalue weighted by Crippen LogP contribution is 2.26. The van der Waals surface area contributed by atoms with Crippen molar-refractivity contribution in [3.05, 3.63) is 29.3 Å². The number of hydrogen-bond donors (Lipinski definition) is 1. The number of amides is 2. The Morgan fingerprint density at radius 1 is 1.18 bits per heavy atom. The van der Waals surface area contributed by atoms with Crippen LogP contribution in [-0.4, -0.2) is 49.0 Å². The van der Waals surface area contributed by atoms with E-state index in [-0.39, 0.29) is 17.9 Å². The van der Waals surface area contributed by atoms with Gasteiger partial charge in [-0.05, 0) is 46.6 Å². The molecule has 0 bridgehead atoms. The van der Waals surface area contributed by atoms with Gasteiger partial charge in [0.15, 0.2) is 0 Å². The van der Waals surface area contributed by atoms with Crippen molar-refractivity contribution in [1.82, 2.24) is 10.2 Å². The first-order valence-electron chi connectivity index (χ1n) is 9.87. The number of carbonyl (C=O) groups is 3. The summed E-state index contributed by atoms with van der Waals surface area (Å²) in [6.45, 7) is 9.08. The first kappa shape index (κ1) is 21.7. The summed E-state index contributed by atoms with van der Waals surface area (Å²) < 4.78 is 10.7. The number of rotatable bonds is 6. The molecule has 1 aromatic carbocycles. The number of nitrogens with one attached hydrogen (secondary N) is 1. The third-order valence-corrected chi connectivity index (χ3v) is 4.88. The third-order valence-electron chi connectivity index (χ3n) is 4.88. The molecule has 1 atom stereocenters. The number of likely N-dealkylation sites (tertiary alicyclic amines) is 1. The fourth-order valence-corrected chi connectivity index (χ4v) is 3.35. The number of ether oxygens (including phenoxy) is 2. The van der Waals surface area contributed by atoms with Crippen molar-refractivity contribution in [2.45, 2.75) is 46.6 Å². The number of nitrogens with zero attached hydrogens (tertiary/aromatic N) is 1. The number of benzene rings is 1. The lowest BCUT2D eigenvalue weighted by Crippen LogP contribution is -2.47. The van der Waals surface area contributed by atoms with E-state index in [9.17, 15) is 14.4 Å². The molecule has 1 aromatic rings. The fraction of sp³-hybridized carbons (Fsp3) is 0.571. The molecular weight excluding hydrogens is 360 g/mol. The normalized spacial score (nSPS) is 15.6. The molecule has 1 aliphatic rings. The van der Waals surface area contributed by atoms with Crippen molar-refractivity contribution in [3.8, 4) is 5.75 Å². The molecule has 0 aliphatic carbocycles. The topological polar surface area (TPSA) is 84.9 Å². The predicted octanol–water partition coefficient (Wildman–Crippen LogP) is 2.37. The summed E-state index contributed by atoms with van der Waals surface area (Å²) in [6, 6.07) is 5.40. The van der Waals surface area contributed by atoms with Gasteiger partial charge in [-0.15, -0.1) is 0 Å². The second kappa shape index (κ2) is 10.1. The number of esters is 1. The van der Waals surface area contributed by atoms with Gasteiger partial charge in [0.1, 0.15) is 5.75 Å². The van der Waals surface area contributed by atoms with Crippen LogP contribution in [0.3, 0.4) is 0 Å². The summed E-state index contributed by atoms with van der Waals surface area (Å²) in [5.41, 5.74) is 1.89. The van der Waals surface area contributed by atoms with Gasteiger partial charge in [0.25, 0.3) is 0 Å². The number of piperidine rings is 1. The molecule has 28 heavy (non-hydrogen) atoms. The van der Waals surface area contributed by atoms with Gasteiger partial charge in [-0.3, -0.25) is 14.4 Å². The van der Waals surface area contributed by atoms with E-state index in [0.29, 0.717) is 44.9 Å². The van der Waals surface area contributed by atoms with Crippen LogP contribution in [0.15, 0.2) is 18.2 Å². The van der Waals surface area contributed by atoms with Crippen LogP contribution in [0.1, 0.15) is 50.8 Å². The molecule has 1 saturated heterocycles. The van der Waals surface area contributed by atoms with Gasteiger partial charge in [0.2, 0.25) is 0 Å². The molecule has 0 radical (unpaired) electrons. The Kier molecular flexibility index (Phi) is 7.84. The standard InChI is InChI=1S/C21H30N2O5/c1-5-27-18-8-7-14(3)13-17(18)15(4)22-19(24)20(25)23-11-9-16(10-12-23)21(26)28-6-2/h7-8,13,15-16H,5-6,9-12H2,1-4H3,(H,22,24). The van der Waals surface area contributed by atoms with Gasteiger partial charge < -0.3 is 19.7 Å². The molecular formula is C21H30N2O5. The van der Waals surface area contributed by atoms with E-state index in [1.807, 2.05) is 39.0 Å². The molecule has 1 N–H and O–H groups in total. The Labute approximate surface area is 166 Å². The maximum absolute atomic E-state index is 12.5. The lowest BCUT2D eigenvalue weighted by Gasteiger charge is -2.30. The molecule has 1 unspecified atom stereocenters. The molecule has 7 heteroatoms. The second-order valence-corrected chi connectivity index (χ2v) is 6.99. The zero-order valence-corrected chi connectivity index (χ0v) is 17.1. The monoisotopic (exact) mass is 390 g/mol. The van der Waals surface area contributed by atoms with Crippen molar-refractivity contribution in [1.29, 1.82) is 0 Å². The first-order chi connectivity index (χ1) is 13.4. The average molecular weight is 390 g/mol. The van der Waals surface area contributed by atoms with Crippen LogP contribution in [0.25, 0.3) is 0 Å². The quantitative estimate of drug-likeness (QED) is 0.595. The highest BCUT2D eigenvalue weighted by molar-refractivity contribution is 6.35. The van der Waals surface area contributed by atoms with Crippen LogP contribution in [0.2, 0.25) is 0 Å². The summed E-state index contributed by atoms with van der Waals surface area (Å²) in [5, 5.41) is 2.77. The molecule has 1 heterocycles. The van der Waals surface area contributed by atoms with Crippen LogP contribution < -0.4 is 10.1 Å². The summed E-state index contributed by atoms with van der Waals surface area (Å²) >= 11 is 0. The van der Waals surface area contributed by atoms with Crippen molar-refractivity contribution in [2.24, 2.45) is 5.92 Å². The van der Waals surface area contributed by atoms with E-state index < -0.39 is 11.8 Å². The van der Waals surface area contributed by atoms with Gasteiger partial charge in [-0.25, -0.2) is 0 Å². The van der Waals surface area contributed by atoms with Crippen LogP contribution in [0.5, 0.6) is 5.75 Å². The highest BCUT2D eigenvalue weighted by Gasteiger charge is 2.31. The molecule has 0 aromatic heterocycles. The maximum Gasteiger partial charge on any atom is 0.311 e. The van der Waals surface area contributed by atoms with Gasteiger partial charge >= 0.3 is 17.8 Å². The average Bonchev–Trinajstić information content (AvgIpc) is 2.69. The SMILES string of the molecule is CCOC(=O)C1CCN(C(=O)C(=O)NC(C)c2cc(C)ccc2OCC)CC1. The Balaban J connectivity index is 1.95. The van der Waals surface area contributed by atoms with E-state index in [1.165, 1.54) is 4.90 Å².